The van der Waals surface area contributed by atoms with Crippen molar-refractivity contribution in [2.24, 2.45) is 11.8 Å². The van der Waals surface area contributed by atoms with E-state index >= 15 is 0 Å². The van der Waals surface area contributed by atoms with Crippen molar-refractivity contribution < 1.29 is 23.7 Å². The Labute approximate surface area is 390 Å². The second kappa shape index (κ2) is 22.1. The number of piperidine rings is 2. The molecule has 0 saturated carbocycles. The molecule has 2 saturated heterocycles. The first-order valence-corrected chi connectivity index (χ1v) is 23.7. The fourth-order valence-corrected chi connectivity index (χ4v) is 9.50. The highest BCUT2D eigenvalue weighted by molar-refractivity contribution is 5.76. The molecule has 4 aliphatic rings. The van der Waals surface area contributed by atoms with Crippen molar-refractivity contribution in [3.8, 4) is 28.7 Å². The fourth-order valence-electron chi connectivity index (χ4n) is 9.50. The maximum absolute atomic E-state index is 12.6. The minimum Gasteiger partial charge on any atom is -0.495 e. The van der Waals surface area contributed by atoms with Crippen LogP contribution in [0.15, 0.2) is 82.9 Å². The average molecular weight is 915 g/mol. The van der Waals surface area contributed by atoms with Gasteiger partial charge in [0.1, 0.15) is 32.2 Å². The lowest BCUT2D eigenvalue weighted by Crippen LogP contribution is -2.41. The summed E-state index contributed by atoms with van der Waals surface area (Å²) in [4.78, 5) is 47.9. The quantitative estimate of drug-likeness (QED) is 0.148. The Bertz CT molecular complexity index is 2750. The number of rotatable bonds is 15. The molecule has 2 atom stereocenters. The Morgan fingerprint density at radius 1 is 0.597 bits per heavy atom. The van der Waals surface area contributed by atoms with E-state index in [1.807, 2.05) is 42.0 Å². The van der Waals surface area contributed by atoms with Crippen LogP contribution >= 0.6 is 0 Å². The highest BCUT2D eigenvalue weighted by atomic mass is 16.6. The molecule has 2 unspecified atom stereocenters. The molecule has 6 aromatic rings. The van der Waals surface area contributed by atoms with Gasteiger partial charge in [0, 0.05) is 88.9 Å². The van der Waals surface area contributed by atoms with Crippen LogP contribution in [0.25, 0.3) is 22.1 Å². The molecule has 17 nitrogen and oxygen atoms in total. The van der Waals surface area contributed by atoms with E-state index in [0.29, 0.717) is 70.2 Å². The molecule has 0 aromatic carbocycles. The summed E-state index contributed by atoms with van der Waals surface area (Å²) in [6.45, 7) is 14.8. The van der Waals surface area contributed by atoms with Gasteiger partial charge in [-0.15, -0.1) is 0 Å². The van der Waals surface area contributed by atoms with Crippen LogP contribution in [0.1, 0.15) is 42.6 Å². The molecule has 2 fully saturated rings. The number of fused-ring (bicyclic) bond motifs is 4. The molecule has 0 spiro atoms. The van der Waals surface area contributed by atoms with Crippen molar-refractivity contribution in [2.45, 2.75) is 58.8 Å². The van der Waals surface area contributed by atoms with Crippen LogP contribution in [-0.4, -0.2) is 125 Å². The maximum atomic E-state index is 12.6. The number of aromatic nitrogens is 6. The van der Waals surface area contributed by atoms with Crippen LogP contribution < -0.4 is 45.4 Å². The molecular formula is C50H62N10O7. The first-order chi connectivity index (χ1) is 32.8. The zero-order valence-electron chi connectivity index (χ0n) is 38.7. The summed E-state index contributed by atoms with van der Waals surface area (Å²) >= 11 is 0. The van der Waals surface area contributed by atoms with E-state index in [9.17, 15) is 9.59 Å². The predicted molar refractivity (Wildman–Crippen MR) is 255 cm³/mol. The summed E-state index contributed by atoms with van der Waals surface area (Å²) in [5.74, 6) is 4.82. The van der Waals surface area contributed by atoms with Crippen molar-refractivity contribution in [1.82, 2.24) is 49.5 Å². The van der Waals surface area contributed by atoms with Gasteiger partial charge in [0.05, 0.1) is 59.2 Å². The van der Waals surface area contributed by atoms with Gasteiger partial charge >= 0.3 is 0 Å². The molecule has 0 aliphatic carbocycles. The van der Waals surface area contributed by atoms with Gasteiger partial charge in [-0.05, 0) is 94.4 Å². The van der Waals surface area contributed by atoms with Gasteiger partial charge in [-0.3, -0.25) is 29.5 Å². The standard InChI is InChI=1S/C25H31N5O4.C25H31N5O3/c1-32-20-12-22-21(28-15-20)4-5-25(31)30(22)8-7-29-6-2-3-18(17-29)13-26-14-19-11-23-24(16-27-19)34-10-9-33-23;1-18-11-22-21(28-13-18)4-5-25(31)30(22)8-7-29-6-2-3-19(17-29)14-26-15-20-12-23-24(16-27-20)33-10-9-32-23/h4-5,11-12,15-16,18,26H,2-3,6-10,13-14,17H2,1H3;4-5,11-13,16,19,26H,2-3,6-10,14-15,17H2,1H3. The third kappa shape index (κ3) is 11.9. The van der Waals surface area contributed by atoms with Gasteiger partial charge in [-0.25, -0.2) is 0 Å². The summed E-state index contributed by atoms with van der Waals surface area (Å²) in [6.07, 6.45) is 11.8. The van der Waals surface area contributed by atoms with Crippen LogP contribution in [0, 0.1) is 18.8 Å². The Morgan fingerprint density at radius 3 is 1.61 bits per heavy atom. The zero-order chi connectivity index (χ0) is 46.0. The number of ether oxygens (including phenoxy) is 5. The summed E-state index contributed by atoms with van der Waals surface area (Å²) < 4.78 is 31.4. The molecule has 0 bridgehead atoms. The molecule has 17 heteroatoms. The number of likely N-dealkylation sites (tertiary alicyclic amines) is 2. The fraction of sp³-hybridized carbons (Fsp3) is 0.480. The second-order valence-corrected chi connectivity index (χ2v) is 17.9. The van der Waals surface area contributed by atoms with Crippen molar-refractivity contribution in [1.29, 1.82) is 0 Å². The van der Waals surface area contributed by atoms with E-state index in [2.05, 4.69) is 46.4 Å². The van der Waals surface area contributed by atoms with Crippen LogP contribution in [0.5, 0.6) is 28.7 Å². The number of methoxy groups -OCH3 is 1. The van der Waals surface area contributed by atoms with Crippen LogP contribution in [0.3, 0.4) is 0 Å². The average Bonchev–Trinajstić information content (AvgIpc) is 3.36. The third-order valence-corrected chi connectivity index (χ3v) is 13.0. The van der Waals surface area contributed by atoms with Crippen LogP contribution in [-0.2, 0) is 26.2 Å². The van der Waals surface area contributed by atoms with Crippen molar-refractivity contribution in [3.63, 3.8) is 0 Å². The third-order valence-electron chi connectivity index (χ3n) is 13.0. The van der Waals surface area contributed by atoms with Gasteiger partial charge in [-0.1, -0.05) is 0 Å². The SMILES string of the molecule is COc1cnc2ccc(=O)n(CCN3CCCC(CNCc4cc5c(cn4)OCCO5)C3)c2c1.Cc1cnc2ccc(=O)n(CCN3CCCC(CNCc4cc5c(cn4)OCCO5)C3)c2c1. The van der Waals surface area contributed by atoms with Gasteiger partial charge in [0.15, 0.2) is 23.0 Å². The lowest BCUT2D eigenvalue weighted by Gasteiger charge is -2.33. The first-order valence-electron chi connectivity index (χ1n) is 23.7. The molecule has 10 rings (SSSR count). The summed E-state index contributed by atoms with van der Waals surface area (Å²) in [5.41, 5.74) is 6.42. The molecule has 354 valence electrons. The molecule has 10 heterocycles. The van der Waals surface area contributed by atoms with Gasteiger partial charge in [0.2, 0.25) is 0 Å². The highest BCUT2D eigenvalue weighted by Crippen LogP contribution is 2.30. The number of hydrogen-bond acceptors (Lipinski definition) is 15. The monoisotopic (exact) mass is 914 g/mol. The largest absolute Gasteiger partial charge is 0.495 e. The van der Waals surface area contributed by atoms with Crippen molar-refractivity contribution >= 4 is 22.1 Å². The number of pyridine rings is 6. The Hall–Kier alpha value is -6.14. The van der Waals surface area contributed by atoms with Crippen molar-refractivity contribution in [2.75, 3.05) is 85.9 Å². The van der Waals surface area contributed by atoms with E-state index in [4.69, 9.17) is 23.7 Å². The first kappa shape index (κ1) is 46.0. The minimum absolute atomic E-state index is 0.00953. The number of hydrogen-bond donors (Lipinski definition) is 2. The normalized spacial score (nSPS) is 18.4. The Kier molecular flexibility index (Phi) is 15.2. The van der Waals surface area contributed by atoms with E-state index in [-0.39, 0.29) is 11.1 Å². The number of nitrogens with zero attached hydrogens (tertiary/aromatic N) is 8. The molecule has 0 radical (unpaired) electrons. The minimum atomic E-state index is -0.00953. The molecular weight excluding hydrogens is 853 g/mol. The second-order valence-electron chi connectivity index (χ2n) is 17.9. The van der Waals surface area contributed by atoms with Crippen molar-refractivity contribution in [3.05, 3.63) is 111 Å². The summed E-state index contributed by atoms with van der Waals surface area (Å²) in [6, 6.07) is 14.7. The summed E-state index contributed by atoms with van der Waals surface area (Å²) in [7, 11) is 1.61. The number of nitrogens with one attached hydrogen (secondary N) is 2. The topological polar surface area (TPSA) is 172 Å². The van der Waals surface area contributed by atoms with Gasteiger partial charge in [0.25, 0.3) is 11.1 Å². The molecule has 0 amide bonds. The lowest BCUT2D eigenvalue weighted by molar-refractivity contribution is 0.166. The van der Waals surface area contributed by atoms with Crippen LogP contribution in [0.4, 0.5) is 0 Å². The van der Waals surface area contributed by atoms with Gasteiger partial charge in [-0.2, -0.15) is 0 Å². The van der Waals surface area contributed by atoms with E-state index < -0.39 is 0 Å². The molecule has 4 aliphatic heterocycles. The highest BCUT2D eigenvalue weighted by Gasteiger charge is 2.22. The Balaban J connectivity index is 0.000000168. The lowest BCUT2D eigenvalue weighted by atomic mass is 9.98. The zero-order valence-corrected chi connectivity index (χ0v) is 38.7. The molecule has 2 N–H and O–H groups in total. The molecule has 6 aromatic heterocycles. The van der Waals surface area contributed by atoms with E-state index in [1.54, 1.807) is 48.5 Å². The Morgan fingerprint density at radius 2 is 1.09 bits per heavy atom. The van der Waals surface area contributed by atoms with Crippen LogP contribution in [0.2, 0.25) is 0 Å². The molecule has 67 heavy (non-hydrogen) atoms. The summed E-state index contributed by atoms with van der Waals surface area (Å²) in [5, 5.41) is 7.12. The van der Waals surface area contributed by atoms with E-state index in [1.165, 1.54) is 19.3 Å². The van der Waals surface area contributed by atoms with E-state index in [0.717, 1.165) is 121 Å². The maximum Gasteiger partial charge on any atom is 0.251 e. The predicted octanol–water partition coefficient (Wildman–Crippen LogP) is 4.45. The smallest absolute Gasteiger partial charge is 0.251 e. The number of aryl methyl sites for hydroxylation is 1. The van der Waals surface area contributed by atoms with Gasteiger partial charge < -0.3 is 53.3 Å².